The lowest BCUT2D eigenvalue weighted by atomic mass is 10.1. The Balaban J connectivity index is 2.07. The summed E-state index contributed by atoms with van der Waals surface area (Å²) < 4.78 is 10.7. The molecule has 112 valence electrons. The van der Waals surface area contributed by atoms with E-state index < -0.39 is 0 Å². The molecule has 0 spiro atoms. The Morgan fingerprint density at radius 1 is 1.30 bits per heavy atom. The summed E-state index contributed by atoms with van der Waals surface area (Å²) in [6.07, 6.45) is 2.38. The molecule has 1 saturated heterocycles. The first-order valence-electron chi connectivity index (χ1n) is 7.43. The molecule has 1 aliphatic rings. The molecule has 0 saturated carbocycles. The Labute approximate surface area is 122 Å². The maximum atomic E-state index is 5.49. The lowest BCUT2D eigenvalue weighted by Crippen LogP contribution is -2.36. The number of ether oxygens (including phenoxy) is 2. The van der Waals surface area contributed by atoms with Gasteiger partial charge in [0.25, 0.3) is 0 Å². The van der Waals surface area contributed by atoms with Crippen LogP contribution in [0.2, 0.25) is 0 Å². The van der Waals surface area contributed by atoms with Crippen molar-refractivity contribution in [1.82, 2.24) is 10.2 Å². The molecule has 0 radical (unpaired) electrons. The summed E-state index contributed by atoms with van der Waals surface area (Å²) in [5.74, 6) is 1.75. The number of nitrogens with one attached hydrogen (secondary N) is 1. The number of nitrogens with zero attached hydrogens (tertiary/aromatic N) is 1. The van der Waals surface area contributed by atoms with E-state index >= 15 is 0 Å². The summed E-state index contributed by atoms with van der Waals surface area (Å²) in [6.45, 7) is 6.54. The molecule has 1 aliphatic heterocycles. The smallest absolute Gasteiger partial charge is 0.127 e. The van der Waals surface area contributed by atoms with Crippen LogP contribution in [0.25, 0.3) is 0 Å². The zero-order valence-corrected chi connectivity index (χ0v) is 12.8. The van der Waals surface area contributed by atoms with Crippen LogP contribution in [0.3, 0.4) is 0 Å². The van der Waals surface area contributed by atoms with Crippen LogP contribution in [0.4, 0.5) is 0 Å². The highest BCUT2D eigenvalue weighted by atomic mass is 16.5. The molecule has 1 N–H and O–H groups in total. The van der Waals surface area contributed by atoms with Crippen molar-refractivity contribution in [1.29, 1.82) is 0 Å². The van der Waals surface area contributed by atoms with Crippen molar-refractivity contribution < 1.29 is 9.47 Å². The highest BCUT2D eigenvalue weighted by Crippen LogP contribution is 2.26. The zero-order chi connectivity index (χ0) is 14.4. The molecule has 0 amide bonds. The molecular formula is C16H26N2O2. The van der Waals surface area contributed by atoms with Crippen LogP contribution in [0.5, 0.6) is 11.5 Å². The first-order chi connectivity index (χ1) is 9.76. The highest BCUT2D eigenvalue weighted by Gasteiger charge is 2.17. The average molecular weight is 278 g/mol. The number of hydrogen-bond acceptors (Lipinski definition) is 4. The van der Waals surface area contributed by atoms with Crippen LogP contribution >= 0.6 is 0 Å². The molecular weight excluding hydrogens is 252 g/mol. The van der Waals surface area contributed by atoms with Gasteiger partial charge in [0, 0.05) is 30.8 Å². The Morgan fingerprint density at radius 2 is 2.15 bits per heavy atom. The Kier molecular flexibility index (Phi) is 5.68. The SMILES string of the molecule is CCC1CN(Cc2ccc(OC)cc2OC)CCCN1. The van der Waals surface area contributed by atoms with Gasteiger partial charge in [-0.15, -0.1) is 0 Å². The van der Waals surface area contributed by atoms with Gasteiger partial charge in [-0.1, -0.05) is 13.0 Å². The van der Waals surface area contributed by atoms with E-state index in [-0.39, 0.29) is 0 Å². The minimum atomic E-state index is 0.599. The van der Waals surface area contributed by atoms with Crippen molar-refractivity contribution in [2.24, 2.45) is 0 Å². The van der Waals surface area contributed by atoms with Crippen molar-refractivity contribution >= 4 is 0 Å². The molecule has 1 heterocycles. The van der Waals surface area contributed by atoms with Gasteiger partial charge in [-0.05, 0) is 32.0 Å². The van der Waals surface area contributed by atoms with E-state index in [2.05, 4.69) is 23.2 Å². The fourth-order valence-electron chi connectivity index (χ4n) is 2.72. The van der Waals surface area contributed by atoms with E-state index in [1.165, 1.54) is 18.4 Å². The van der Waals surface area contributed by atoms with Gasteiger partial charge in [-0.2, -0.15) is 0 Å². The van der Waals surface area contributed by atoms with E-state index in [4.69, 9.17) is 9.47 Å². The molecule has 1 atom stereocenters. The third-order valence-corrected chi connectivity index (χ3v) is 3.94. The predicted octanol–water partition coefficient (Wildman–Crippen LogP) is 2.28. The van der Waals surface area contributed by atoms with Crippen molar-refractivity contribution in [3.63, 3.8) is 0 Å². The molecule has 1 unspecified atom stereocenters. The number of hydrogen-bond donors (Lipinski definition) is 1. The predicted molar refractivity (Wildman–Crippen MR) is 81.5 cm³/mol. The Bertz CT molecular complexity index is 423. The van der Waals surface area contributed by atoms with E-state index in [9.17, 15) is 0 Å². The second-order valence-corrected chi connectivity index (χ2v) is 5.33. The molecule has 2 rings (SSSR count). The standard InChI is InChI=1S/C16H26N2O2/c1-4-14-12-18(9-5-8-17-14)11-13-6-7-15(19-2)10-16(13)20-3/h6-7,10,14,17H,4-5,8-9,11-12H2,1-3H3. The molecule has 0 aliphatic carbocycles. The number of benzene rings is 1. The lowest BCUT2D eigenvalue weighted by molar-refractivity contribution is 0.253. The zero-order valence-electron chi connectivity index (χ0n) is 12.8. The molecule has 0 bridgehead atoms. The van der Waals surface area contributed by atoms with Crippen molar-refractivity contribution in [2.45, 2.75) is 32.4 Å². The first kappa shape index (κ1) is 15.1. The van der Waals surface area contributed by atoms with Crippen LogP contribution in [0.15, 0.2) is 18.2 Å². The van der Waals surface area contributed by atoms with Crippen LogP contribution < -0.4 is 14.8 Å². The summed E-state index contributed by atoms with van der Waals surface area (Å²) in [4.78, 5) is 2.51. The fourth-order valence-corrected chi connectivity index (χ4v) is 2.72. The molecule has 20 heavy (non-hydrogen) atoms. The minimum Gasteiger partial charge on any atom is -0.497 e. The van der Waals surface area contributed by atoms with E-state index in [0.717, 1.165) is 37.7 Å². The average Bonchev–Trinajstić information content (AvgIpc) is 2.72. The number of rotatable bonds is 5. The molecule has 1 aromatic rings. The highest BCUT2D eigenvalue weighted by molar-refractivity contribution is 5.40. The summed E-state index contributed by atoms with van der Waals surface area (Å²) in [7, 11) is 3.40. The first-order valence-corrected chi connectivity index (χ1v) is 7.43. The summed E-state index contributed by atoms with van der Waals surface area (Å²) in [6, 6.07) is 6.67. The third-order valence-electron chi connectivity index (χ3n) is 3.94. The minimum absolute atomic E-state index is 0.599. The Hall–Kier alpha value is -1.26. The fraction of sp³-hybridized carbons (Fsp3) is 0.625. The molecule has 4 nitrogen and oxygen atoms in total. The van der Waals surface area contributed by atoms with Gasteiger partial charge in [0.2, 0.25) is 0 Å². The molecule has 4 heteroatoms. The van der Waals surface area contributed by atoms with Gasteiger partial charge in [0.1, 0.15) is 11.5 Å². The molecule has 1 fully saturated rings. The monoisotopic (exact) mass is 278 g/mol. The van der Waals surface area contributed by atoms with Crippen LogP contribution in [0, 0.1) is 0 Å². The second kappa shape index (κ2) is 7.50. The second-order valence-electron chi connectivity index (χ2n) is 5.33. The maximum absolute atomic E-state index is 5.49. The summed E-state index contributed by atoms with van der Waals surface area (Å²) in [5.41, 5.74) is 1.23. The van der Waals surface area contributed by atoms with Crippen LogP contribution in [-0.4, -0.2) is 44.8 Å². The quantitative estimate of drug-likeness (QED) is 0.896. The van der Waals surface area contributed by atoms with E-state index in [1.807, 2.05) is 12.1 Å². The van der Waals surface area contributed by atoms with Crippen molar-refractivity contribution in [3.05, 3.63) is 23.8 Å². The summed E-state index contributed by atoms with van der Waals surface area (Å²) in [5, 5.41) is 3.60. The summed E-state index contributed by atoms with van der Waals surface area (Å²) >= 11 is 0. The van der Waals surface area contributed by atoms with Crippen LogP contribution in [0.1, 0.15) is 25.3 Å². The van der Waals surface area contributed by atoms with Gasteiger partial charge < -0.3 is 14.8 Å². The Morgan fingerprint density at radius 3 is 2.85 bits per heavy atom. The van der Waals surface area contributed by atoms with Crippen molar-refractivity contribution in [2.75, 3.05) is 33.9 Å². The third kappa shape index (κ3) is 3.87. The van der Waals surface area contributed by atoms with Crippen LogP contribution in [-0.2, 0) is 6.54 Å². The van der Waals surface area contributed by atoms with Gasteiger partial charge in [-0.25, -0.2) is 0 Å². The number of methoxy groups -OCH3 is 2. The van der Waals surface area contributed by atoms with Gasteiger partial charge in [0.05, 0.1) is 14.2 Å². The van der Waals surface area contributed by atoms with E-state index in [1.54, 1.807) is 14.2 Å². The van der Waals surface area contributed by atoms with Gasteiger partial charge >= 0.3 is 0 Å². The molecule has 1 aromatic carbocycles. The van der Waals surface area contributed by atoms with Gasteiger partial charge in [-0.3, -0.25) is 4.90 Å². The van der Waals surface area contributed by atoms with E-state index in [0.29, 0.717) is 6.04 Å². The van der Waals surface area contributed by atoms with Gasteiger partial charge in [0.15, 0.2) is 0 Å². The normalized spacial score (nSPS) is 20.4. The molecule has 0 aromatic heterocycles. The largest absolute Gasteiger partial charge is 0.497 e. The lowest BCUT2D eigenvalue weighted by Gasteiger charge is -2.24. The van der Waals surface area contributed by atoms with Crippen molar-refractivity contribution in [3.8, 4) is 11.5 Å². The maximum Gasteiger partial charge on any atom is 0.127 e. The topological polar surface area (TPSA) is 33.7 Å².